The molecule has 0 N–H and O–H groups in total. The molecule has 1 amide bonds. The third-order valence-electron chi connectivity index (χ3n) is 5.00. The first-order valence-corrected chi connectivity index (χ1v) is 8.48. The lowest BCUT2D eigenvalue weighted by Gasteiger charge is -2.32. The van der Waals surface area contributed by atoms with Crippen LogP contribution in [0.2, 0.25) is 0 Å². The van der Waals surface area contributed by atoms with Crippen LogP contribution >= 0.6 is 0 Å². The Morgan fingerprint density at radius 3 is 2.25 bits per heavy atom. The van der Waals surface area contributed by atoms with Gasteiger partial charge in [0.05, 0.1) is 17.3 Å². The number of carbonyl (C=O) groups is 1. The van der Waals surface area contributed by atoms with Gasteiger partial charge in [0.25, 0.3) is 5.91 Å². The van der Waals surface area contributed by atoms with Gasteiger partial charge in [0.1, 0.15) is 5.75 Å². The molecular weight excluding hydrogens is 305 g/mol. The first kappa shape index (κ1) is 17.3. The maximum absolute atomic E-state index is 12.7. The summed E-state index contributed by atoms with van der Waals surface area (Å²) in [7, 11) is 2.92. The van der Waals surface area contributed by atoms with E-state index in [1.807, 2.05) is 39.8 Å². The molecule has 6 heteroatoms. The van der Waals surface area contributed by atoms with E-state index in [1.54, 1.807) is 25.1 Å². The molecule has 3 rings (SSSR count). The van der Waals surface area contributed by atoms with Crippen molar-refractivity contribution >= 4 is 18.5 Å². The van der Waals surface area contributed by atoms with E-state index in [-0.39, 0.29) is 12.0 Å². The fourth-order valence-electron chi connectivity index (χ4n) is 2.59. The molecule has 5 nitrogen and oxygen atoms in total. The predicted molar refractivity (Wildman–Crippen MR) is 93.8 cm³/mol. The van der Waals surface area contributed by atoms with Crippen LogP contribution in [0.25, 0.3) is 0 Å². The maximum atomic E-state index is 12.7. The van der Waals surface area contributed by atoms with Gasteiger partial charge in [-0.05, 0) is 58.1 Å². The van der Waals surface area contributed by atoms with Gasteiger partial charge < -0.3 is 18.9 Å². The normalized spacial score (nSPS) is 21.7. The Labute approximate surface area is 144 Å². The molecule has 1 aliphatic heterocycles. The molecule has 0 radical (unpaired) electrons. The molecule has 2 aliphatic rings. The number of rotatable bonds is 4. The van der Waals surface area contributed by atoms with Crippen molar-refractivity contribution in [3.63, 3.8) is 0 Å². The number of nitrogens with zero attached hydrogens (tertiary/aromatic N) is 1. The van der Waals surface area contributed by atoms with Gasteiger partial charge in [-0.2, -0.15) is 0 Å². The zero-order chi connectivity index (χ0) is 17.7. The summed E-state index contributed by atoms with van der Waals surface area (Å²) in [4.78, 5) is 14.2. The number of carbonyl (C=O) groups excluding carboxylic acids is 1. The van der Waals surface area contributed by atoms with Gasteiger partial charge in [-0.3, -0.25) is 4.79 Å². The molecule has 1 heterocycles. The van der Waals surface area contributed by atoms with E-state index >= 15 is 0 Å². The van der Waals surface area contributed by atoms with E-state index < -0.39 is 18.3 Å². The van der Waals surface area contributed by atoms with Gasteiger partial charge in [0.15, 0.2) is 0 Å². The standard InChI is InChI=1S/C18H26BNO4/c1-17(2)18(3,4)24-19(23-17)15-10-9-13(22-12-7-8-12)11-14(15)16(21)20(5)6/h9-12H,7-8H2,1-6H3. The Hall–Kier alpha value is -1.53. The SMILES string of the molecule is CN(C)C(=O)c1cc(OC2CC2)ccc1B1OC(C)(C)C(C)(C)O1. The van der Waals surface area contributed by atoms with Crippen LogP contribution in [0.5, 0.6) is 5.75 Å². The van der Waals surface area contributed by atoms with E-state index in [2.05, 4.69) is 0 Å². The average Bonchev–Trinajstić information content (AvgIpc) is 3.25. The number of amides is 1. The molecule has 0 atom stereocenters. The summed E-state index contributed by atoms with van der Waals surface area (Å²) in [6.07, 6.45) is 2.45. The van der Waals surface area contributed by atoms with Crippen LogP contribution in [-0.2, 0) is 9.31 Å². The van der Waals surface area contributed by atoms with Crippen molar-refractivity contribution in [3.8, 4) is 5.75 Å². The Kier molecular flexibility index (Phi) is 4.17. The molecule has 0 bridgehead atoms. The molecule has 130 valence electrons. The zero-order valence-corrected chi connectivity index (χ0v) is 15.4. The summed E-state index contributed by atoms with van der Waals surface area (Å²) in [5, 5.41) is 0. The van der Waals surface area contributed by atoms with Crippen LogP contribution in [-0.4, -0.2) is 49.3 Å². The lowest BCUT2D eigenvalue weighted by molar-refractivity contribution is 0.00578. The molecule has 0 spiro atoms. The molecule has 24 heavy (non-hydrogen) atoms. The first-order chi connectivity index (χ1) is 11.1. The summed E-state index contributed by atoms with van der Waals surface area (Å²) in [6, 6.07) is 5.59. The van der Waals surface area contributed by atoms with E-state index in [0.29, 0.717) is 5.56 Å². The third-order valence-corrected chi connectivity index (χ3v) is 5.00. The minimum atomic E-state index is -0.566. The molecule has 0 aromatic heterocycles. The van der Waals surface area contributed by atoms with E-state index in [4.69, 9.17) is 14.0 Å². The lowest BCUT2D eigenvalue weighted by Crippen LogP contribution is -2.41. The smallest absolute Gasteiger partial charge is 0.490 e. The minimum Gasteiger partial charge on any atom is -0.490 e. The fraction of sp³-hybridized carbons (Fsp3) is 0.611. The van der Waals surface area contributed by atoms with E-state index in [0.717, 1.165) is 24.1 Å². The van der Waals surface area contributed by atoms with Crippen molar-refractivity contribution in [1.29, 1.82) is 0 Å². The Morgan fingerprint density at radius 1 is 1.17 bits per heavy atom. The zero-order valence-electron chi connectivity index (χ0n) is 15.4. The average molecular weight is 331 g/mol. The van der Waals surface area contributed by atoms with Gasteiger partial charge in [-0.1, -0.05) is 6.07 Å². The van der Waals surface area contributed by atoms with Crippen molar-refractivity contribution in [2.45, 2.75) is 57.8 Å². The second kappa shape index (κ2) is 5.78. The predicted octanol–water partition coefficient (Wildman–Crippen LogP) is 2.23. The largest absolute Gasteiger partial charge is 0.495 e. The maximum Gasteiger partial charge on any atom is 0.495 e. The molecule has 1 aromatic rings. The second-order valence-electron chi connectivity index (χ2n) is 7.85. The van der Waals surface area contributed by atoms with Crippen LogP contribution in [0.15, 0.2) is 18.2 Å². The number of hydrogen-bond acceptors (Lipinski definition) is 4. The summed E-state index contributed by atoms with van der Waals surface area (Å²) >= 11 is 0. The highest BCUT2D eigenvalue weighted by Crippen LogP contribution is 2.37. The Morgan fingerprint density at radius 2 is 1.75 bits per heavy atom. The van der Waals surface area contributed by atoms with Crippen LogP contribution in [0.3, 0.4) is 0 Å². The fourth-order valence-corrected chi connectivity index (χ4v) is 2.59. The highest BCUT2D eigenvalue weighted by Gasteiger charge is 2.52. The van der Waals surface area contributed by atoms with Crippen molar-refractivity contribution in [1.82, 2.24) is 4.90 Å². The van der Waals surface area contributed by atoms with E-state index in [9.17, 15) is 4.79 Å². The number of benzene rings is 1. The van der Waals surface area contributed by atoms with Gasteiger partial charge in [0.2, 0.25) is 0 Å². The van der Waals surface area contributed by atoms with Crippen molar-refractivity contribution in [2.75, 3.05) is 14.1 Å². The van der Waals surface area contributed by atoms with Crippen LogP contribution in [0.1, 0.15) is 50.9 Å². The molecule has 1 saturated carbocycles. The molecular formula is C18H26BNO4. The number of ether oxygens (including phenoxy) is 1. The highest BCUT2D eigenvalue weighted by atomic mass is 16.7. The molecule has 1 aliphatic carbocycles. The van der Waals surface area contributed by atoms with Crippen LogP contribution < -0.4 is 10.2 Å². The van der Waals surface area contributed by atoms with Gasteiger partial charge in [-0.15, -0.1) is 0 Å². The van der Waals surface area contributed by atoms with Crippen LogP contribution in [0.4, 0.5) is 0 Å². The van der Waals surface area contributed by atoms with E-state index in [1.165, 1.54) is 0 Å². The second-order valence-corrected chi connectivity index (χ2v) is 7.85. The lowest BCUT2D eigenvalue weighted by atomic mass is 9.75. The molecule has 1 aromatic carbocycles. The third kappa shape index (κ3) is 3.17. The Balaban J connectivity index is 1.96. The van der Waals surface area contributed by atoms with Gasteiger partial charge >= 0.3 is 7.12 Å². The van der Waals surface area contributed by atoms with Gasteiger partial charge in [0, 0.05) is 19.7 Å². The summed E-state index contributed by atoms with van der Waals surface area (Å²) < 4.78 is 18.1. The quantitative estimate of drug-likeness (QED) is 0.794. The first-order valence-electron chi connectivity index (χ1n) is 8.48. The summed E-state index contributed by atoms with van der Waals surface area (Å²) in [5.74, 6) is 0.643. The molecule has 2 fully saturated rings. The Bertz CT molecular complexity index is 636. The topological polar surface area (TPSA) is 48.0 Å². The summed E-state index contributed by atoms with van der Waals surface area (Å²) in [5.41, 5.74) is 0.422. The molecule has 1 saturated heterocycles. The molecule has 0 unspecified atom stereocenters. The number of hydrogen-bond donors (Lipinski definition) is 0. The minimum absolute atomic E-state index is 0.0824. The highest BCUT2D eigenvalue weighted by molar-refractivity contribution is 6.63. The van der Waals surface area contributed by atoms with Crippen molar-refractivity contribution in [3.05, 3.63) is 23.8 Å². The van der Waals surface area contributed by atoms with Gasteiger partial charge in [-0.25, -0.2) is 0 Å². The van der Waals surface area contributed by atoms with Crippen molar-refractivity contribution in [2.24, 2.45) is 0 Å². The monoisotopic (exact) mass is 331 g/mol. The van der Waals surface area contributed by atoms with Crippen molar-refractivity contribution < 1.29 is 18.8 Å². The van der Waals surface area contributed by atoms with Crippen LogP contribution in [0, 0.1) is 0 Å². The summed E-state index contributed by atoms with van der Waals surface area (Å²) in [6.45, 7) is 8.02.